The van der Waals surface area contributed by atoms with E-state index in [2.05, 4.69) is 26.5 Å². The van der Waals surface area contributed by atoms with Crippen LogP contribution in [0.15, 0.2) is 82.4 Å². The predicted molar refractivity (Wildman–Crippen MR) is 114 cm³/mol. The molecule has 0 saturated heterocycles. The number of nitrogens with zero attached hydrogens (tertiary/aromatic N) is 1. The van der Waals surface area contributed by atoms with Crippen LogP contribution < -0.4 is 14.9 Å². The maximum atomic E-state index is 12.1. The molecule has 3 rings (SSSR count). The van der Waals surface area contributed by atoms with Gasteiger partial charge in [-0.05, 0) is 72.3 Å². The highest BCUT2D eigenvalue weighted by molar-refractivity contribution is 9.10. The van der Waals surface area contributed by atoms with Crippen LogP contribution in [0.4, 0.5) is 0 Å². The number of halogens is 1. The zero-order valence-electron chi connectivity index (χ0n) is 15.5. The van der Waals surface area contributed by atoms with Gasteiger partial charge in [-0.3, -0.25) is 4.79 Å². The Morgan fingerprint density at radius 2 is 1.62 bits per heavy atom. The van der Waals surface area contributed by atoms with Crippen molar-refractivity contribution in [2.75, 3.05) is 7.11 Å². The third kappa shape index (κ3) is 5.76. The number of hydrazone groups is 1. The lowest BCUT2D eigenvalue weighted by Crippen LogP contribution is -2.17. The van der Waals surface area contributed by atoms with Crippen molar-refractivity contribution in [3.8, 4) is 11.5 Å². The number of hydrogen-bond donors (Lipinski definition) is 1. The summed E-state index contributed by atoms with van der Waals surface area (Å²) in [5.41, 5.74) is 4.12. The van der Waals surface area contributed by atoms with Crippen LogP contribution in [0.3, 0.4) is 0 Å². The third-order valence-electron chi connectivity index (χ3n) is 3.88. The van der Waals surface area contributed by atoms with E-state index < -0.39 is 5.97 Å². The molecular formula is C22H17BrN2O4. The number of carbonyl (C=O) groups excluding carboxylic acids is 2. The number of amides is 1. The van der Waals surface area contributed by atoms with Gasteiger partial charge in [0.1, 0.15) is 11.5 Å². The highest BCUT2D eigenvalue weighted by Gasteiger charge is 2.09. The number of hydrogen-bond acceptors (Lipinski definition) is 5. The molecule has 146 valence electrons. The summed E-state index contributed by atoms with van der Waals surface area (Å²) in [4.78, 5) is 24.2. The molecule has 1 amide bonds. The van der Waals surface area contributed by atoms with Crippen LogP contribution in [0.1, 0.15) is 26.3 Å². The standard InChI is InChI=1S/C22H17BrN2O4/c1-28-19-11-7-16(8-12-19)21(26)25-24-14-15-5-9-20(10-6-15)29-22(27)17-3-2-4-18(23)13-17/h2-14H,1H3,(H,25,26)/b24-14-. The number of benzene rings is 3. The molecule has 0 fully saturated rings. The second-order valence-electron chi connectivity index (χ2n) is 5.90. The molecule has 0 atom stereocenters. The van der Waals surface area contributed by atoms with Crippen LogP contribution in [-0.2, 0) is 0 Å². The quantitative estimate of drug-likeness (QED) is 0.259. The first-order chi connectivity index (χ1) is 14.0. The number of esters is 1. The molecule has 7 heteroatoms. The molecule has 0 radical (unpaired) electrons. The molecule has 3 aromatic carbocycles. The highest BCUT2D eigenvalue weighted by atomic mass is 79.9. The van der Waals surface area contributed by atoms with E-state index in [9.17, 15) is 9.59 Å². The topological polar surface area (TPSA) is 77.0 Å². The van der Waals surface area contributed by atoms with Crippen molar-refractivity contribution in [2.45, 2.75) is 0 Å². The zero-order chi connectivity index (χ0) is 20.6. The summed E-state index contributed by atoms with van der Waals surface area (Å²) >= 11 is 3.32. The third-order valence-corrected chi connectivity index (χ3v) is 4.38. The van der Waals surface area contributed by atoms with Crippen molar-refractivity contribution in [1.82, 2.24) is 5.43 Å². The zero-order valence-corrected chi connectivity index (χ0v) is 17.0. The van der Waals surface area contributed by atoms with Crippen molar-refractivity contribution in [3.05, 3.63) is 94.0 Å². The van der Waals surface area contributed by atoms with Gasteiger partial charge in [-0.15, -0.1) is 0 Å². The lowest BCUT2D eigenvalue weighted by Gasteiger charge is -2.05. The molecule has 0 aliphatic rings. The van der Waals surface area contributed by atoms with Crippen LogP contribution in [-0.4, -0.2) is 25.2 Å². The summed E-state index contributed by atoms with van der Waals surface area (Å²) in [6.07, 6.45) is 1.50. The van der Waals surface area contributed by atoms with Gasteiger partial charge in [-0.2, -0.15) is 5.10 Å². The number of carbonyl (C=O) groups is 2. The second kappa shape index (κ2) is 9.66. The van der Waals surface area contributed by atoms with Gasteiger partial charge in [0.2, 0.25) is 0 Å². The van der Waals surface area contributed by atoms with Crippen LogP contribution in [0, 0.1) is 0 Å². The van der Waals surface area contributed by atoms with Gasteiger partial charge in [0, 0.05) is 10.0 Å². The first-order valence-corrected chi connectivity index (χ1v) is 9.40. The molecular weight excluding hydrogens is 436 g/mol. The predicted octanol–water partition coefficient (Wildman–Crippen LogP) is 4.44. The normalized spacial score (nSPS) is 10.6. The average Bonchev–Trinajstić information content (AvgIpc) is 2.75. The highest BCUT2D eigenvalue weighted by Crippen LogP contribution is 2.16. The van der Waals surface area contributed by atoms with Gasteiger partial charge >= 0.3 is 5.97 Å². The van der Waals surface area contributed by atoms with Crippen molar-refractivity contribution < 1.29 is 19.1 Å². The minimum Gasteiger partial charge on any atom is -0.497 e. The number of rotatable bonds is 6. The molecule has 0 bridgehead atoms. The van der Waals surface area contributed by atoms with E-state index in [1.807, 2.05) is 6.07 Å². The molecule has 0 aliphatic heterocycles. The minimum absolute atomic E-state index is 0.330. The Balaban J connectivity index is 1.55. The van der Waals surface area contributed by atoms with Gasteiger partial charge in [-0.25, -0.2) is 10.2 Å². The summed E-state index contributed by atoms with van der Waals surface area (Å²) in [6, 6.07) is 20.4. The molecule has 0 spiro atoms. The number of ether oxygens (including phenoxy) is 2. The molecule has 6 nitrogen and oxygen atoms in total. The Bertz CT molecular complexity index is 1030. The minimum atomic E-state index is -0.445. The van der Waals surface area contributed by atoms with Crippen molar-refractivity contribution >= 4 is 34.0 Å². The molecule has 3 aromatic rings. The summed E-state index contributed by atoms with van der Waals surface area (Å²) in [5, 5.41) is 3.94. The summed E-state index contributed by atoms with van der Waals surface area (Å²) in [6.45, 7) is 0. The monoisotopic (exact) mass is 452 g/mol. The van der Waals surface area contributed by atoms with E-state index in [4.69, 9.17) is 9.47 Å². The molecule has 0 aliphatic carbocycles. The van der Waals surface area contributed by atoms with Crippen LogP contribution in [0.5, 0.6) is 11.5 Å². The SMILES string of the molecule is COc1ccc(C(=O)N/N=C\c2ccc(OC(=O)c3cccc(Br)c3)cc2)cc1. The van der Waals surface area contributed by atoms with Crippen molar-refractivity contribution in [1.29, 1.82) is 0 Å². The molecule has 0 unspecified atom stereocenters. The van der Waals surface area contributed by atoms with E-state index in [-0.39, 0.29) is 5.91 Å². The number of methoxy groups -OCH3 is 1. The van der Waals surface area contributed by atoms with Crippen LogP contribution in [0.25, 0.3) is 0 Å². The van der Waals surface area contributed by atoms with Crippen LogP contribution in [0.2, 0.25) is 0 Å². The summed E-state index contributed by atoms with van der Waals surface area (Å²) < 4.78 is 11.2. The fourth-order valence-electron chi connectivity index (χ4n) is 2.38. The van der Waals surface area contributed by atoms with E-state index in [1.54, 1.807) is 73.8 Å². The Labute approximate surface area is 176 Å². The van der Waals surface area contributed by atoms with E-state index in [0.29, 0.717) is 22.6 Å². The van der Waals surface area contributed by atoms with Gasteiger partial charge < -0.3 is 9.47 Å². The lowest BCUT2D eigenvalue weighted by atomic mass is 10.2. The van der Waals surface area contributed by atoms with E-state index >= 15 is 0 Å². The smallest absolute Gasteiger partial charge is 0.343 e. The molecule has 0 saturated carbocycles. The lowest BCUT2D eigenvalue weighted by molar-refractivity contribution is 0.0734. The first-order valence-electron chi connectivity index (χ1n) is 8.60. The first kappa shape index (κ1) is 20.3. The second-order valence-corrected chi connectivity index (χ2v) is 6.81. The molecule has 1 N–H and O–H groups in total. The number of nitrogens with one attached hydrogen (secondary N) is 1. The van der Waals surface area contributed by atoms with Gasteiger partial charge in [0.25, 0.3) is 5.91 Å². The largest absolute Gasteiger partial charge is 0.497 e. The molecule has 0 heterocycles. The Hall–Kier alpha value is -3.45. The van der Waals surface area contributed by atoms with Crippen molar-refractivity contribution in [2.24, 2.45) is 5.10 Å². The molecule has 29 heavy (non-hydrogen) atoms. The fourth-order valence-corrected chi connectivity index (χ4v) is 2.77. The van der Waals surface area contributed by atoms with E-state index in [0.717, 1.165) is 10.0 Å². The van der Waals surface area contributed by atoms with Gasteiger partial charge in [0.15, 0.2) is 0 Å². The van der Waals surface area contributed by atoms with Crippen molar-refractivity contribution in [3.63, 3.8) is 0 Å². The Morgan fingerprint density at radius 3 is 2.28 bits per heavy atom. The Morgan fingerprint density at radius 1 is 0.931 bits per heavy atom. The fraction of sp³-hybridized carbons (Fsp3) is 0.0455. The van der Waals surface area contributed by atoms with Crippen LogP contribution >= 0.6 is 15.9 Å². The molecule has 0 aromatic heterocycles. The van der Waals surface area contributed by atoms with Gasteiger partial charge in [0.05, 0.1) is 18.9 Å². The summed E-state index contributed by atoms with van der Waals surface area (Å²) in [7, 11) is 1.56. The summed E-state index contributed by atoms with van der Waals surface area (Å²) in [5.74, 6) is 0.308. The maximum absolute atomic E-state index is 12.1. The Kier molecular flexibility index (Phi) is 6.76. The maximum Gasteiger partial charge on any atom is 0.343 e. The average molecular weight is 453 g/mol. The van der Waals surface area contributed by atoms with Gasteiger partial charge in [-0.1, -0.05) is 22.0 Å². The van der Waals surface area contributed by atoms with E-state index in [1.165, 1.54) is 6.21 Å².